The van der Waals surface area contributed by atoms with Gasteiger partial charge in [-0.2, -0.15) is 0 Å². The quantitative estimate of drug-likeness (QED) is 0.609. The average Bonchev–Trinajstić information content (AvgIpc) is 2.63. The van der Waals surface area contributed by atoms with E-state index in [1.54, 1.807) is 12.5 Å². The van der Waals surface area contributed by atoms with E-state index in [1.165, 1.54) is 24.0 Å². The van der Waals surface area contributed by atoms with Gasteiger partial charge in [0.2, 0.25) is 0 Å². The summed E-state index contributed by atoms with van der Waals surface area (Å²) >= 11 is 0. The van der Waals surface area contributed by atoms with Crippen LogP contribution in [0.3, 0.4) is 0 Å². The van der Waals surface area contributed by atoms with Crippen molar-refractivity contribution in [3.05, 3.63) is 59.7 Å². The van der Waals surface area contributed by atoms with Crippen LogP contribution in [-0.4, -0.2) is 0 Å². The van der Waals surface area contributed by atoms with Gasteiger partial charge in [0.25, 0.3) is 12.5 Å². The maximum absolute atomic E-state index is 8.62. The minimum Gasteiger partial charge on any atom is -0.388 e. The van der Waals surface area contributed by atoms with Crippen LogP contribution in [0, 0.1) is 29.0 Å². The second-order valence-corrected chi connectivity index (χ2v) is 6.12. The Bertz CT molecular complexity index is 680. The molecule has 0 N–H and O–H groups in total. The van der Waals surface area contributed by atoms with E-state index in [9.17, 15) is 0 Å². The third kappa shape index (κ3) is 4.99. The molecule has 0 bridgehead atoms. The van der Waals surface area contributed by atoms with Crippen molar-refractivity contribution in [2.24, 2.45) is 5.92 Å². The lowest BCUT2D eigenvalue weighted by atomic mass is 9.79. The topological polar surface area (TPSA) is 66.0 Å². The Morgan fingerprint density at radius 3 is 1.64 bits per heavy atom. The summed E-state index contributed by atoms with van der Waals surface area (Å²) in [6, 6.07) is 15.4. The van der Waals surface area contributed by atoms with Crippen molar-refractivity contribution in [3.8, 4) is 24.0 Å². The van der Waals surface area contributed by atoms with Gasteiger partial charge in [-0.1, -0.05) is 51.0 Å². The van der Waals surface area contributed by atoms with Crippen molar-refractivity contribution in [3.63, 3.8) is 0 Å². The van der Waals surface area contributed by atoms with Crippen LogP contribution in [0.1, 0.15) is 50.2 Å². The summed E-state index contributed by atoms with van der Waals surface area (Å²) in [4.78, 5) is 0. The van der Waals surface area contributed by atoms with Crippen LogP contribution in [0.15, 0.2) is 48.5 Å². The summed E-state index contributed by atoms with van der Waals surface area (Å²) in [5, 5.41) is 17.2. The molecule has 0 aliphatic rings. The van der Waals surface area contributed by atoms with Crippen LogP contribution in [0.5, 0.6) is 11.5 Å². The van der Waals surface area contributed by atoms with Crippen molar-refractivity contribution >= 4 is 0 Å². The lowest BCUT2D eigenvalue weighted by Gasteiger charge is -2.25. The first-order chi connectivity index (χ1) is 12.2. The van der Waals surface area contributed by atoms with Gasteiger partial charge >= 0.3 is 0 Å². The van der Waals surface area contributed by atoms with Gasteiger partial charge in [-0.3, -0.25) is 0 Å². The van der Waals surface area contributed by atoms with Crippen molar-refractivity contribution in [1.29, 1.82) is 10.5 Å². The monoisotopic (exact) mass is 334 g/mol. The maximum Gasteiger partial charge on any atom is 0.292 e. The highest BCUT2D eigenvalue weighted by Gasteiger charge is 2.21. The zero-order valence-electron chi connectivity index (χ0n) is 14.6. The van der Waals surface area contributed by atoms with Crippen molar-refractivity contribution < 1.29 is 9.47 Å². The second kappa shape index (κ2) is 9.35. The number of hydrogen-bond acceptors (Lipinski definition) is 4. The van der Waals surface area contributed by atoms with Crippen LogP contribution in [0.2, 0.25) is 0 Å². The third-order valence-electron chi connectivity index (χ3n) is 4.39. The van der Waals surface area contributed by atoms with Gasteiger partial charge < -0.3 is 9.47 Å². The molecule has 4 nitrogen and oxygen atoms in total. The van der Waals surface area contributed by atoms with Gasteiger partial charge in [-0.15, -0.1) is 10.5 Å². The molecule has 25 heavy (non-hydrogen) atoms. The molecule has 0 aromatic heterocycles. The zero-order chi connectivity index (χ0) is 18.1. The van der Waals surface area contributed by atoms with Gasteiger partial charge in [0, 0.05) is 5.92 Å². The van der Waals surface area contributed by atoms with Crippen LogP contribution >= 0.6 is 0 Å². The summed E-state index contributed by atoms with van der Waals surface area (Å²) < 4.78 is 9.75. The molecule has 4 heteroatoms. The first-order valence-electron chi connectivity index (χ1n) is 8.51. The largest absolute Gasteiger partial charge is 0.388 e. The minimum atomic E-state index is 0.235. The predicted molar refractivity (Wildman–Crippen MR) is 95.9 cm³/mol. The summed E-state index contributed by atoms with van der Waals surface area (Å²) in [6.07, 6.45) is 6.87. The van der Waals surface area contributed by atoms with Crippen molar-refractivity contribution in [2.45, 2.75) is 39.0 Å². The molecule has 2 aromatic carbocycles. The Morgan fingerprint density at radius 1 is 0.840 bits per heavy atom. The third-order valence-corrected chi connectivity index (χ3v) is 4.39. The molecule has 0 saturated heterocycles. The lowest BCUT2D eigenvalue weighted by Crippen LogP contribution is -2.12. The van der Waals surface area contributed by atoms with Gasteiger partial charge in [0.05, 0.1) is 0 Å². The van der Waals surface area contributed by atoms with E-state index in [4.69, 9.17) is 20.0 Å². The number of benzene rings is 2. The fourth-order valence-electron chi connectivity index (χ4n) is 3.13. The first-order valence-corrected chi connectivity index (χ1v) is 8.51. The molecule has 1 atom stereocenters. The highest BCUT2D eigenvalue weighted by molar-refractivity contribution is 5.39. The summed E-state index contributed by atoms with van der Waals surface area (Å²) in [7, 11) is 0. The molecule has 0 amide bonds. The molecule has 0 spiro atoms. The lowest BCUT2D eigenvalue weighted by molar-refractivity contribution is 0.453. The number of nitriles is 2. The minimum absolute atomic E-state index is 0.235. The Labute approximate surface area is 149 Å². The Hall–Kier alpha value is -2.98. The molecule has 1 unspecified atom stereocenters. The number of ether oxygens (including phenoxy) is 2. The number of unbranched alkanes of at least 4 members (excludes halogenated alkanes) is 1. The fraction of sp³-hybridized carbons (Fsp3) is 0.333. The van der Waals surface area contributed by atoms with Crippen molar-refractivity contribution in [2.75, 3.05) is 0 Å². The molecule has 2 aromatic rings. The van der Waals surface area contributed by atoms with Gasteiger partial charge in [0.15, 0.2) is 0 Å². The molecular weight excluding hydrogens is 312 g/mol. The number of hydrogen-bond donors (Lipinski definition) is 0. The van der Waals surface area contributed by atoms with Crippen LogP contribution in [-0.2, 0) is 0 Å². The smallest absolute Gasteiger partial charge is 0.292 e. The summed E-state index contributed by atoms with van der Waals surface area (Å²) in [6.45, 7) is 4.46. The summed E-state index contributed by atoms with van der Waals surface area (Å²) in [5.74, 6) is 1.79. The average molecular weight is 334 g/mol. The van der Waals surface area contributed by atoms with E-state index >= 15 is 0 Å². The normalized spacial score (nSPS) is 11.4. The van der Waals surface area contributed by atoms with E-state index in [1.807, 2.05) is 48.5 Å². The Balaban J connectivity index is 2.32. The Kier molecular flexibility index (Phi) is 6.87. The predicted octanol–water partition coefficient (Wildman–Crippen LogP) is 5.36. The Morgan fingerprint density at radius 2 is 1.28 bits per heavy atom. The molecule has 2 rings (SSSR count). The molecule has 128 valence electrons. The highest BCUT2D eigenvalue weighted by atomic mass is 16.5. The second-order valence-electron chi connectivity index (χ2n) is 6.12. The van der Waals surface area contributed by atoms with E-state index < -0.39 is 0 Å². The first kappa shape index (κ1) is 18.4. The van der Waals surface area contributed by atoms with Crippen LogP contribution < -0.4 is 9.47 Å². The number of rotatable bonds is 8. The van der Waals surface area contributed by atoms with Crippen molar-refractivity contribution in [1.82, 2.24) is 0 Å². The fourth-order valence-corrected chi connectivity index (χ4v) is 3.13. The van der Waals surface area contributed by atoms with Gasteiger partial charge in [0.1, 0.15) is 11.5 Å². The molecule has 0 fully saturated rings. The van der Waals surface area contributed by atoms with Gasteiger partial charge in [-0.05, 0) is 47.7 Å². The standard InChI is InChI=1S/C21H22N2O2/c1-3-4-5-16(2)21(17-6-10-19(11-7-17)24-14-22)18-8-12-20(13-9-18)25-15-23/h6-13,16,21H,3-5H2,1-2H3. The van der Waals surface area contributed by atoms with E-state index in [2.05, 4.69) is 13.8 Å². The molecular formula is C21H22N2O2. The van der Waals surface area contributed by atoms with Gasteiger partial charge in [-0.25, -0.2) is 0 Å². The van der Waals surface area contributed by atoms with Crippen LogP contribution in [0.4, 0.5) is 0 Å². The number of nitrogens with zero attached hydrogens (tertiary/aromatic N) is 2. The van der Waals surface area contributed by atoms with Crippen LogP contribution in [0.25, 0.3) is 0 Å². The summed E-state index contributed by atoms with van der Waals surface area (Å²) in [5.41, 5.74) is 2.37. The van der Waals surface area contributed by atoms with E-state index in [0.29, 0.717) is 17.4 Å². The molecule has 0 heterocycles. The van der Waals surface area contributed by atoms with E-state index in [-0.39, 0.29) is 5.92 Å². The zero-order valence-corrected chi connectivity index (χ0v) is 14.6. The highest BCUT2D eigenvalue weighted by Crippen LogP contribution is 2.36. The maximum atomic E-state index is 8.62. The molecule has 0 saturated carbocycles. The molecule has 0 aliphatic carbocycles. The molecule has 0 radical (unpaired) electrons. The molecule has 0 aliphatic heterocycles. The SMILES string of the molecule is CCCCC(C)C(c1ccc(OC#N)cc1)c1ccc(OC#N)cc1. The van der Waals surface area contributed by atoms with E-state index in [0.717, 1.165) is 6.42 Å².